The first-order valence-electron chi connectivity index (χ1n) is 7.56. The molecule has 118 valence electrons. The lowest BCUT2D eigenvalue weighted by molar-refractivity contribution is 0.330. The highest BCUT2D eigenvalue weighted by molar-refractivity contribution is 7.89. The molecule has 4 N–H and O–H groups in total. The molecule has 0 atom stereocenters. The van der Waals surface area contributed by atoms with Crippen LogP contribution < -0.4 is 15.8 Å². The van der Waals surface area contributed by atoms with E-state index in [1.54, 1.807) is 18.2 Å². The van der Waals surface area contributed by atoms with Crippen molar-refractivity contribution in [3.8, 4) is 0 Å². The summed E-state index contributed by atoms with van der Waals surface area (Å²) in [6.07, 6.45) is 6.10. The Bertz CT molecular complexity index is 579. The highest BCUT2D eigenvalue weighted by Crippen LogP contribution is 2.29. The molecule has 1 aromatic carbocycles. The molecule has 0 bridgehead atoms. The second-order valence-corrected chi connectivity index (χ2v) is 7.59. The van der Waals surface area contributed by atoms with Gasteiger partial charge in [-0.1, -0.05) is 13.3 Å². The van der Waals surface area contributed by atoms with Gasteiger partial charge in [0.2, 0.25) is 10.0 Å². The molecule has 0 unspecified atom stereocenters. The largest absolute Gasteiger partial charge is 0.398 e. The summed E-state index contributed by atoms with van der Waals surface area (Å²) < 4.78 is 25.8. The normalized spacial score (nSPS) is 23.0. The first-order valence-corrected chi connectivity index (χ1v) is 9.04. The average Bonchev–Trinajstić information content (AvgIpc) is 2.48. The Morgan fingerprint density at radius 1 is 1.24 bits per heavy atom. The van der Waals surface area contributed by atoms with Crippen molar-refractivity contribution in [1.82, 2.24) is 4.72 Å². The molecule has 2 rings (SSSR count). The molecule has 1 saturated carbocycles. The molecule has 6 heteroatoms. The Morgan fingerprint density at radius 3 is 2.43 bits per heavy atom. The molecule has 1 aliphatic carbocycles. The monoisotopic (exact) mass is 311 g/mol. The third kappa shape index (κ3) is 3.89. The molecule has 0 spiro atoms. The summed E-state index contributed by atoms with van der Waals surface area (Å²) in [5.74, 6) is 0.858. The summed E-state index contributed by atoms with van der Waals surface area (Å²) in [6, 6.07) is 5.50. The van der Waals surface area contributed by atoms with Crippen LogP contribution in [0.15, 0.2) is 23.1 Å². The maximum Gasteiger partial charge on any atom is 0.242 e. The van der Waals surface area contributed by atoms with Gasteiger partial charge >= 0.3 is 0 Å². The number of rotatable bonds is 5. The van der Waals surface area contributed by atoms with Crippen LogP contribution in [-0.4, -0.2) is 21.5 Å². The summed E-state index contributed by atoms with van der Waals surface area (Å²) in [5.41, 5.74) is 7.04. The highest BCUT2D eigenvalue weighted by Gasteiger charge is 2.20. The second kappa shape index (κ2) is 6.66. The van der Waals surface area contributed by atoms with E-state index < -0.39 is 10.0 Å². The fourth-order valence-corrected chi connectivity index (χ4v) is 3.78. The number of benzene rings is 1. The van der Waals surface area contributed by atoms with Crippen LogP contribution in [0.3, 0.4) is 0 Å². The number of nitrogens with one attached hydrogen (secondary N) is 2. The lowest BCUT2D eigenvalue weighted by atomic mass is 9.84. The highest BCUT2D eigenvalue weighted by atomic mass is 32.2. The molecule has 5 nitrogen and oxygen atoms in total. The first-order chi connectivity index (χ1) is 9.96. The van der Waals surface area contributed by atoms with E-state index in [9.17, 15) is 8.42 Å². The maximum atomic E-state index is 11.8. The summed E-state index contributed by atoms with van der Waals surface area (Å²) >= 11 is 0. The zero-order valence-electron chi connectivity index (χ0n) is 12.7. The van der Waals surface area contributed by atoms with Crippen molar-refractivity contribution in [2.45, 2.75) is 50.0 Å². The third-order valence-electron chi connectivity index (χ3n) is 4.36. The number of nitrogen functional groups attached to an aromatic ring is 1. The molecule has 0 amide bonds. The lowest BCUT2D eigenvalue weighted by Gasteiger charge is -2.29. The van der Waals surface area contributed by atoms with E-state index in [1.165, 1.54) is 26.3 Å². The van der Waals surface area contributed by atoms with Crippen molar-refractivity contribution in [2.24, 2.45) is 5.92 Å². The van der Waals surface area contributed by atoms with Crippen LogP contribution in [0, 0.1) is 5.92 Å². The quantitative estimate of drug-likeness (QED) is 0.730. The minimum atomic E-state index is -3.49. The zero-order chi connectivity index (χ0) is 15.5. The minimum absolute atomic E-state index is 0.130. The molecule has 0 heterocycles. The molecule has 1 aliphatic rings. The van der Waals surface area contributed by atoms with Gasteiger partial charge in [0.15, 0.2) is 0 Å². The molecule has 0 saturated heterocycles. The van der Waals surface area contributed by atoms with E-state index in [-0.39, 0.29) is 10.6 Å². The van der Waals surface area contributed by atoms with Gasteiger partial charge in [-0.25, -0.2) is 13.1 Å². The molecular formula is C15H25N3O2S. The Hall–Kier alpha value is -1.27. The lowest BCUT2D eigenvalue weighted by Crippen LogP contribution is -2.26. The molecule has 21 heavy (non-hydrogen) atoms. The van der Waals surface area contributed by atoms with Gasteiger partial charge in [0.25, 0.3) is 0 Å². The van der Waals surface area contributed by atoms with Crippen LogP contribution >= 0.6 is 0 Å². The Balaban J connectivity index is 2.04. The van der Waals surface area contributed by atoms with E-state index in [2.05, 4.69) is 17.0 Å². The average molecular weight is 311 g/mol. The van der Waals surface area contributed by atoms with E-state index in [0.717, 1.165) is 24.4 Å². The van der Waals surface area contributed by atoms with E-state index in [0.29, 0.717) is 6.04 Å². The van der Waals surface area contributed by atoms with Gasteiger partial charge in [-0.15, -0.1) is 0 Å². The predicted octanol–water partition coefficient (Wildman–Crippen LogP) is 2.56. The smallest absolute Gasteiger partial charge is 0.242 e. The van der Waals surface area contributed by atoms with Crippen LogP contribution in [0.1, 0.15) is 39.0 Å². The molecule has 0 radical (unpaired) electrons. The SMILES string of the molecule is CCC1CCC(Nc2ccc(S(=O)(=O)NC)c(N)c2)CC1. The van der Waals surface area contributed by atoms with E-state index in [1.807, 2.05) is 0 Å². The van der Waals surface area contributed by atoms with Gasteiger partial charge in [0, 0.05) is 11.7 Å². The van der Waals surface area contributed by atoms with Crippen LogP contribution in [0.5, 0.6) is 0 Å². The van der Waals surface area contributed by atoms with Crippen molar-refractivity contribution in [3.63, 3.8) is 0 Å². The zero-order valence-corrected chi connectivity index (χ0v) is 13.5. The van der Waals surface area contributed by atoms with Crippen LogP contribution in [0.25, 0.3) is 0 Å². The van der Waals surface area contributed by atoms with Crippen molar-refractivity contribution in [2.75, 3.05) is 18.1 Å². The van der Waals surface area contributed by atoms with E-state index in [4.69, 9.17) is 5.73 Å². The van der Waals surface area contributed by atoms with Gasteiger partial charge in [-0.05, 0) is 56.8 Å². The number of hydrogen-bond acceptors (Lipinski definition) is 4. The summed E-state index contributed by atoms with van der Waals surface area (Å²) in [7, 11) is -2.11. The van der Waals surface area contributed by atoms with E-state index >= 15 is 0 Å². The van der Waals surface area contributed by atoms with Crippen molar-refractivity contribution in [3.05, 3.63) is 18.2 Å². The number of hydrogen-bond donors (Lipinski definition) is 3. The van der Waals surface area contributed by atoms with Crippen molar-refractivity contribution >= 4 is 21.4 Å². The van der Waals surface area contributed by atoms with Gasteiger partial charge in [-0.2, -0.15) is 0 Å². The number of anilines is 2. The minimum Gasteiger partial charge on any atom is -0.398 e. The van der Waals surface area contributed by atoms with Gasteiger partial charge in [0.05, 0.1) is 5.69 Å². The van der Waals surface area contributed by atoms with Crippen LogP contribution in [0.2, 0.25) is 0 Å². The van der Waals surface area contributed by atoms with Gasteiger partial charge in [-0.3, -0.25) is 0 Å². The molecule has 0 aliphatic heterocycles. The number of sulfonamides is 1. The summed E-state index contributed by atoms with van der Waals surface area (Å²) in [6.45, 7) is 2.25. The standard InChI is InChI=1S/C15H25N3O2S/c1-3-11-4-6-12(7-5-11)18-13-8-9-15(14(16)10-13)21(19,20)17-2/h8-12,17-18H,3-7,16H2,1-2H3. The fourth-order valence-electron chi connectivity index (χ4n) is 2.94. The molecule has 1 fully saturated rings. The first kappa shape index (κ1) is 16.1. The molecular weight excluding hydrogens is 286 g/mol. The van der Waals surface area contributed by atoms with Crippen molar-refractivity contribution < 1.29 is 8.42 Å². The van der Waals surface area contributed by atoms with Crippen LogP contribution in [0.4, 0.5) is 11.4 Å². The second-order valence-electron chi connectivity index (χ2n) is 5.73. The summed E-state index contributed by atoms with van der Waals surface area (Å²) in [5, 5.41) is 3.47. The number of nitrogens with two attached hydrogens (primary N) is 1. The Labute approximate surface area is 127 Å². The van der Waals surface area contributed by atoms with Crippen LogP contribution in [-0.2, 0) is 10.0 Å². The topological polar surface area (TPSA) is 84.2 Å². The predicted molar refractivity (Wildman–Crippen MR) is 86.8 cm³/mol. The van der Waals surface area contributed by atoms with Crippen molar-refractivity contribution in [1.29, 1.82) is 0 Å². The molecule has 1 aromatic rings. The van der Waals surface area contributed by atoms with Gasteiger partial charge < -0.3 is 11.1 Å². The van der Waals surface area contributed by atoms with Gasteiger partial charge in [0.1, 0.15) is 4.90 Å². The maximum absolute atomic E-state index is 11.8. The summed E-state index contributed by atoms with van der Waals surface area (Å²) in [4.78, 5) is 0.130. The Kier molecular flexibility index (Phi) is 5.11. The Morgan fingerprint density at radius 2 is 1.90 bits per heavy atom. The fraction of sp³-hybridized carbons (Fsp3) is 0.600. The molecule has 0 aromatic heterocycles. The third-order valence-corrected chi connectivity index (χ3v) is 5.85.